The largest absolute Gasteiger partial charge is 0.480 e. The highest BCUT2D eigenvalue weighted by atomic mass is 16.4. The number of carbonyl (C=O) groups excluding carboxylic acids is 1. The van der Waals surface area contributed by atoms with Crippen LogP contribution in [-0.2, 0) is 4.79 Å². The van der Waals surface area contributed by atoms with E-state index < -0.39 is 12.0 Å². The summed E-state index contributed by atoms with van der Waals surface area (Å²) in [6.45, 7) is 6.29. The van der Waals surface area contributed by atoms with Gasteiger partial charge in [-0.05, 0) is 38.0 Å². The lowest BCUT2D eigenvalue weighted by atomic mass is 10.1. The van der Waals surface area contributed by atoms with Crippen LogP contribution in [-0.4, -0.2) is 29.7 Å². The molecule has 5 heteroatoms. The third kappa shape index (κ3) is 5.10. The van der Waals surface area contributed by atoms with Crippen LogP contribution >= 0.6 is 0 Å². The molecule has 0 heterocycles. The zero-order valence-corrected chi connectivity index (χ0v) is 12.9. The average Bonchev–Trinajstić information content (AvgIpc) is 2.44. The second-order valence-electron chi connectivity index (χ2n) is 5.07. The Bertz CT molecular complexity index is 488. The zero-order valence-electron chi connectivity index (χ0n) is 12.9. The van der Waals surface area contributed by atoms with Crippen LogP contribution in [0.3, 0.4) is 0 Å². The van der Waals surface area contributed by atoms with Gasteiger partial charge in [0, 0.05) is 12.2 Å². The minimum atomic E-state index is -0.989. The summed E-state index contributed by atoms with van der Waals surface area (Å²) in [6, 6.07) is 6.38. The van der Waals surface area contributed by atoms with Gasteiger partial charge in [0.15, 0.2) is 0 Å². The quantitative estimate of drug-likeness (QED) is 0.811. The van der Waals surface area contributed by atoms with Crippen molar-refractivity contribution in [2.24, 2.45) is 0 Å². The highest BCUT2D eigenvalue weighted by Crippen LogP contribution is 2.16. The van der Waals surface area contributed by atoms with E-state index in [1.54, 1.807) is 4.90 Å². The first-order valence-corrected chi connectivity index (χ1v) is 7.37. The minimum absolute atomic E-state index is 0.369. The first-order chi connectivity index (χ1) is 9.99. The predicted molar refractivity (Wildman–Crippen MR) is 83.7 cm³/mol. The number of hydrogen-bond acceptors (Lipinski definition) is 2. The van der Waals surface area contributed by atoms with Crippen molar-refractivity contribution in [3.05, 3.63) is 29.8 Å². The first kappa shape index (κ1) is 17.0. The standard InChI is InChI=1S/C16H24N2O3/c1-4-6-10-14(15(19)20)17-16(21)18(5-2)13-9-7-8-12(3)11-13/h7-9,11,14H,4-6,10H2,1-3H3,(H,17,21)(H,19,20)/t14-/m0/s1. The number of rotatable bonds is 7. The molecule has 2 amide bonds. The first-order valence-electron chi connectivity index (χ1n) is 7.37. The number of benzene rings is 1. The molecule has 5 nitrogen and oxygen atoms in total. The van der Waals surface area contributed by atoms with Crippen LogP contribution in [0.2, 0.25) is 0 Å². The molecule has 0 bridgehead atoms. The summed E-state index contributed by atoms with van der Waals surface area (Å²) < 4.78 is 0. The number of aliphatic carboxylic acids is 1. The molecule has 1 aromatic rings. The highest BCUT2D eigenvalue weighted by Gasteiger charge is 2.22. The summed E-state index contributed by atoms with van der Waals surface area (Å²) in [5, 5.41) is 11.8. The Balaban J connectivity index is 2.80. The molecule has 0 aromatic heterocycles. The number of anilines is 1. The van der Waals surface area contributed by atoms with Crippen molar-refractivity contribution in [3.8, 4) is 0 Å². The van der Waals surface area contributed by atoms with Crippen molar-refractivity contribution in [2.75, 3.05) is 11.4 Å². The molecule has 21 heavy (non-hydrogen) atoms. The molecule has 2 N–H and O–H groups in total. The molecule has 116 valence electrons. The molecule has 0 aliphatic heterocycles. The normalized spacial score (nSPS) is 11.8. The van der Waals surface area contributed by atoms with Gasteiger partial charge in [-0.3, -0.25) is 4.90 Å². The van der Waals surface area contributed by atoms with Crippen molar-refractivity contribution in [1.82, 2.24) is 5.32 Å². The van der Waals surface area contributed by atoms with Crippen molar-refractivity contribution < 1.29 is 14.7 Å². The van der Waals surface area contributed by atoms with Gasteiger partial charge in [-0.1, -0.05) is 31.9 Å². The Kier molecular flexibility index (Phi) is 6.72. The van der Waals surface area contributed by atoms with E-state index in [1.807, 2.05) is 45.0 Å². The van der Waals surface area contributed by atoms with E-state index in [0.717, 1.165) is 24.1 Å². The summed E-state index contributed by atoms with van der Waals surface area (Å²) in [7, 11) is 0. The molecular weight excluding hydrogens is 268 g/mol. The third-order valence-electron chi connectivity index (χ3n) is 3.32. The predicted octanol–water partition coefficient (Wildman–Crippen LogP) is 3.17. The Labute approximate surface area is 126 Å². The smallest absolute Gasteiger partial charge is 0.326 e. The Morgan fingerprint density at radius 2 is 2.05 bits per heavy atom. The number of carboxylic acid groups (broad SMARTS) is 1. The maximum atomic E-state index is 12.3. The summed E-state index contributed by atoms with van der Waals surface area (Å²) in [5.41, 5.74) is 1.83. The van der Waals surface area contributed by atoms with Crippen LogP contribution in [0.25, 0.3) is 0 Å². The molecule has 0 unspecified atom stereocenters. The second kappa shape index (κ2) is 8.29. The van der Waals surface area contributed by atoms with Gasteiger partial charge in [-0.25, -0.2) is 9.59 Å². The molecular formula is C16H24N2O3. The van der Waals surface area contributed by atoms with Gasteiger partial charge in [-0.15, -0.1) is 0 Å². The molecule has 0 saturated carbocycles. The number of carboxylic acids is 1. The molecule has 0 aliphatic carbocycles. The summed E-state index contributed by atoms with van der Waals surface area (Å²) in [6.07, 6.45) is 2.12. The zero-order chi connectivity index (χ0) is 15.8. The molecule has 1 aromatic carbocycles. The number of unbranched alkanes of at least 4 members (excludes halogenated alkanes) is 1. The van der Waals surface area contributed by atoms with Crippen molar-refractivity contribution >= 4 is 17.7 Å². The molecule has 0 aliphatic rings. The molecule has 1 rings (SSSR count). The van der Waals surface area contributed by atoms with Crippen LogP contribution in [0.5, 0.6) is 0 Å². The Hall–Kier alpha value is -2.04. The number of nitrogens with one attached hydrogen (secondary N) is 1. The third-order valence-corrected chi connectivity index (χ3v) is 3.32. The van der Waals surface area contributed by atoms with E-state index in [4.69, 9.17) is 0 Å². The van der Waals surface area contributed by atoms with Gasteiger partial charge >= 0.3 is 12.0 Å². The summed E-state index contributed by atoms with van der Waals surface area (Å²) in [5.74, 6) is -0.989. The number of amides is 2. The molecule has 0 saturated heterocycles. The topological polar surface area (TPSA) is 69.6 Å². The van der Waals surface area contributed by atoms with E-state index in [9.17, 15) is 14.7 Å². The van der Waals surface area contributed by atoms with Gasteiger partial charge < -0.3 is 10.4 Å². The maximum Gasteiger partial charge on any atom is 0.326 e. The van der Waals surface area contributed by atoms with Gasteiger partial charge in [0.25, 0.3) is 0 Å². The van der Waals surface area contributed by atoms with Gasteiger partial charge in [0.2, 0.25) is 0 Å². The van der Waals surface area contributed by atoms with E-state index in [1.165, 1.54) is 0 Å². The monoisotopic (exact) mass is 292 g/mol. The van der Waals surface area contributed by atoms with E-state index >= 15 is 0 Å². The van der Waals surface area contributed by atoms with E-state index in [2.05, 4.69) is 5.32 Å². The van der Waals surface area contributed by atoms with E-state index in [-0.39, 0.29) is 6.03 Å². The van der Waals surface area contributed by atoms with Gasteiger partial charge in [0.1, 0.15) is 6.04 Å². The van der Waals surface area contributed by atoms with Gasteiger partial charge in [-0.2, -0.15) is 0 Å². The summed E-state index contributed by atoms with van der Waals surface area (Å²) in [4.78, 5) is 25.1. The maximum absolute atomic E-state index is 12.3. The Morgan fingerprint density at radius 1 is 1.33 bits per heavy atom. The van der Waals surface area contributed by atoms with E-state index in [0.29, 0.717) is 13.0 Å². The SMILES string of the molecule is CCCC[C@H](NC(=O)N(CC)c1cccc(C)c1)C(=O)O. The fourth-order valence-electron chi connectivity index (χ4n) is 2.13. The van der Waals surface area contributed by atoms with Crippen LogP contribution in [0.15, 0.2) is 24.3 Å². The number of carbonyl (C=O) groups is 2. The molecule has 1 atom stereocenters. The number of hydrogen-bond donors (Lipinski definition) is 2. The highest BCUT2D eigenvalue weighted by molar-refractivity contribution is 5.94. The number of aryl methyl sites for hydroxylation is 1. The molecule has 0 fully saturated rings. The van der Waals surface area contributed by atoms with Crippen LogP contribution in [0, 0.1) is 6.92 Å². The molecule has 0 spiro atoms. The molecule has 0 radical (unpaired) electrons. The average molecular weight is 292 g/mol. The lowest BCUT2D eigenvalue weighted by Gasteiger charge is -2.24. The fourth-order valence-corrected chi connectivity index (χ4v) is 2.13. The van der Waals surface area contributed by atoms with Crippen molar-refractivity contribution in [1.29, 1.82) is 0 Å². The number of urea groups is 1. The lowest BCUT2D eigenvalue weighted by Crippen LogP contribution is -2.48. The van der Waals surface area contributed by atoms with Crippen LogP contribution < -0.4 is 10.2 Å². The minimum Gasteiger partial charge on any atom is -0.480 e. The van der Waals surface area contributed by atoms with Crippen molar-refractivity contribution in [3.63, 3.8) is 0 Å². The Morgan fingerprint density at radius 3 is 2.57 bits per heavy atom. The van der Waals surface area contributed by atoms with Crippen molar-refractivity contribution in [2.45, 2.75) is 46.1 Å². The van der Waals surface area contributed by atoms with Gasteiger partial charge in [0.05, 0.1) is 0 Å². The number of nitrogens with zero attached hydrogens (tertiary/aromatic N) is 1. The summed E-state index contributed by atoms with van der Waals surface area (Å²) >= 11 is 0. The second-order valence-corrected chi connectivity index (χ2v) is 5.07. The fraction of sp³-hybridized carbons (Fsp3) is 0.500. The van der Waals surface area contributed by atoms with Crippen LogP contribution in [0.4, 0.5) is 10.5 Å². The lowest BCUT2D eigenvalue weighted by molar-refractivity contribution is -0.139. The van der Waals surface area contributed by atoms with Crippen LogP contribution in [0.1, 0.15) is 38.7 Å².